The van der Waals surface area contributed by atoms with Crippen LogP contribution in [0.4, 0.5) is 5.69 Å². The molecule has 3 heteroatoms. The molecule has 0 amide bonds. The first kappa shape index (κ1) is 15.6. The summed E-state index contributed by atoms with van der Waals surface area (Å²) in [7, 11) is 0. The number of aliphatic carboxylic acids is 1. The molecule has 0 radical (unpaired) electrons. The van der Waals surface area contributed by atoms with Crippen molar-refractivity contribution in [3.63, 3.8) is 0 Å². The molecule has 1 N–H and O–H groups in total. The van der Waals surface area contributed by atoms with Gasteiger partial charge in [-0.05, 0) is 49.9 Å². The van der Waals surface area contributed by atoms with Crippen LogP contribution in [0.25, 0.3) is 0 Å². The van der Waals surface area contributed by atoms with E-state index in [1.54, 1.807) is 6.92 Å². The Morgan fingerprint density at radius 1 is 0.957 bits per heavy atom. The van der Waals surface area contributed by atoms with Crippen LogP contribution in [-0.2, 0) is 10.2 Å². The molecular weight excluding hydrogens is 286 g/mol. The molecule has 1 aliphatic heterocycles. The molecule has 1 saturated heterocycles. The van der Waals surface area contributed by atoms with Crippen molar-refractivity contribution < 1.29 is 9.90 Å². The number of hydrogen-bond acceptors (Lipinski definition) is 2. The first-order valence-electron chi connectivity index (χ1n) is 8.18. The normalized spacial score (nSPS) is 17.0. The van der Waals surface area contributed by atoms with Crippen LogP contribution < -0.4 is 4.90 Å². The quantitative estimate of drug-likeness (QED) is 0.928. The van der Waals surface area contributed by atoms with Gasteiger partial charge in [0.25, 0.3) is 0 Å². The van der Waals surface area contributed by atoms with Gasteiger partial charge in [0.1, 0.15) is 5.41 Å². The first-order chi connectivity index (χ1) is 11.0. The van der Waals surface area contributed by atoms with Crippen molar-refractivity contribution in [1.29, 1.82) is 0 Å². The maximum Gasteiger partial charge on any atom is 0.318 e. The zero-order chi connectivity index (χ0) is 16.4. The summed E-state index contributed by atoms with van der Waals surface area (Å²) in [5, 5.41) is 9.88. The smallest absolute Gasteiger partial charge is 0.318 e. The summed E-state index contributed by atoms with van der Waals surface area (Å²) in [4.78, 5) is 14.4. The lowest BCUT2D eigenvalue weighted by Crippen LogP contribution is -2.33. The van der Waals surface area contributed by atoms with Gasteiger partial charge in [0.15, 0.2) is 0 Å². The second kappa shape index (κ2) is 6.07. The fraction of sp³-hybridized carbons (Fsp3) is 0.350. The van der Waals surface area contributed by atoms with E-state index in [4.69, 9.17) is 0 Å². The Kier molecular flexibility index (Phi) is 4.12. The van der Waals surface area contributed by atoms with E-state index in [9.17, 15) is 9.90 Å². The van der Waals surface area contributed by atoms with Crippen LogP contribution in [-0.4, -0.2) is 24.2 Å². The lowest BCUT2D eigenvalue weighted by Gasteiger charge is -2.27. The van der Waals surface area contributed by atoms with Crippen LogP contribution in [0.15, 0.2) is 48.5 Å². The molecule has 0 saturated carbocycles. The van der Waals surface area contributed by atoms with Gasteiger partial charge in [0, 0.05) is 18.8 Å². The summed E-state index contributed by atoms with van der Waals surface area (Å²) >= 11 is 0. The molecule has 1 heterocycles. The van der Waals surface area contributed by atoms with Crippen LogP contribution in [0.2, 0.25) is 0 Å². The van der Waals surface area contributed by atoms with Gasteiger partial charge in [-0.2, -0.15) is 0 Å². The molecule has 1 unspecified atom stereocenters. The minimum absolute atomic E-state index is 0.810. The highest BCUT2D eigenvalue weighted by atomic mass is 16.4. The standard InChI is InChI=1S/C20H23NO2/c1-15-5-7-16(8-6-15)20(2,19(22)23)17-9-11-18(12-10-17)21-13-3-4-14-21/h5-12H,3-4,13-14H2,1-2H3,(H,22,23). The molecule has 1 atom stereocenters. The Bertz CT molecular complexity index is 685. The summed E-state index contributed by atoms with van der Waals surface area (Å²) in [6.45, 7) is 5.97. The van der Waals surface area contributed by atoms with Crippen molar-refractivity contribution in [2.45, 2.75) is 32.1 Å². The van der Waals surface area contributed by atoms with Crippen molar-refractivity contribution in [2.24, 2.45) is 0 Å². The van der Waals surface area contributed by atoms with Gasteiger partial charge < -0.3 is 10.0 Å². The van der Waals surface area contributed by atoms with E-state index in [0.29, 0.717) is 0 Å². The maximum atomic E-state index is 12.0. The SMILES string of the molecule is Cc1ccc(C(C)(C(=O)O)c2ccc(N3CCCC3)cc2)cc1. The molecular formula is C20H23NO2. The molecule has 1 aliphatic rings. The van der Waals surface area contributed by atoms with Gasteiger partial charge in [-0.1, -0.05) is 42.0 Å². The number of carbonyl (C=O) groups is 1. The molecule has 23 heavy (non-hydrogen) atoms. The van der Waals surface area contributed by atoms with Crippen LogP contribution in [0, 0.1) is 6.92 Å². The minimum Gasteiger partial charge on any atom is -0.480 e. The zero-order valence-corrected chi connectivity index (χ0v) is 13.7. The molecule has 0 spiro atoms. The highest BCUT2D eigenvalue weighted by Crippen LogP contribution is 2.34. The molecule has 1 fully saturated rings. The molecule has 2 aromatic carbocycles. The van der Waals surface area contributed by atoms with Crippen LogP contribution in [0.5, 0.6) is 0 Å². The molecule has 0 bridgehead atoms. The third-order valence-electron chi connectivity index (χ3n) is 4.97. The van der Waals surface area contributed by atoms with E-state index in [2.05, 4.69) is 17.0 Å². The largest absolute Gasteiger partial charge is 0.480 e. The maximum absolute atomic E-state index is 12.0. The van der Waals surface area contributed by atoms with Crippen molar-refractivity contribution in [3.8, 4) is 0 Å². The Morgan fingerprint density at radius 2 is 1.43 bits per heavy atom. The average Bonchev–Trinajstić information content (AvgIpc) is 3.09. The van der Waals surface area contributed by atoms with Gasteiger partial charge in [0.05, 0.1) is 0 Å². The van der Waals surface area contributed by atoms with E-state index in [0.717, 1.165) is 29.8 Å². The third kappa shape index (κ3) is 2.83. The molecule has 120 valence electrons. The predicted molar refractivity (Wildman–Crippen MR) is 93.2 cm³/mol. The number of aryl methyl sites for hydroxylation is 1. The lowest BCUT2D eigenvalue weighted by atomic mass is 9.76. The molecule has 0 aromatic heterocycles. The fourth-order valence-electron chi connectivity index (χ4n) is 3.28. The third-order valence-corrected chi connectivity index (χ3v) is 4.97. The van der Waals surface area contributed by atoms with E-state index in [-0.39, 0.29) is 0 Å². The van der Waals surface area contributed by atoms with E-state index in [1.807, 2.05) is 43.3 Å². The van der Waals surface area contributed by atoms with Gasteiger partial charge in [-0.25, -0.2) is 0 Å². The molecule has 3 rings (SSSR count). The number of hydrogen-bond donors (Lipinski definition) is 1. The fourth-order valence-corrected chi connectivity index (χ4v) is 3.28. The van der Waals surface area contributed by atoms with Crippen molar-refractivity contribution in [1.82, 2.24) is 0 Å². The first-order valence-corrected chi connectivity index (χ1v) is 8.18. The Labute approximate surface area is 137 Å². The zero-order valence-electron chi connectivity index (χ0n) is 13.7. The second-order valence-electron chi connectivity index (χ2n) is 6.54. The Morgan fingerprint density at radius 3 is 1.91 bits per heavy atom. The number of carboxylic acid groups (broad SMARTS) is 1. The summed E-state index contributed by atoms with van der Waals surface area (Å²) < 4.78 is 0. The number of carboxylic acids is 1. The lowest BCUT2D eigenvalue weighted by molar-refractivity contribution is -0.141. The number of benzene rings is 2. The van der Waals surface area contributed by atoms with E-state index >= 15 is 0 Å². The molecule has 2 aromatic rings. The number of anilines is 1. The van der Waals surface area contributed by atoms with Gasteiger partial charge >= 0.3 is 5.97 Å². The topological polar surface area (TPSA) is 40.5 Å². The average molecular weight is 309 g/mol. The Hall–Kier alpha value is -2.29. The summed E-state index contributed by atoms with van der Waals surface area (Å²) in [6.07, 6.45) is 2.47. The number of nitrogens with zero attached hydrogens (tertiary/aromatic N) is 1. The summed E-state index contributed by atoms with van der Waals surface area (Å²) in [5.41, 5.74) is 2.91. The minimum atomic E-state index is -1.03. The highest BCUT2D eigenvalue weighted by molar-refractivity contribution is 5.85. The second-order valence-corrected chi connectivity index (χ2v) is 6.54. The van der Waals surface area contributed by atoms with E-state index in [1.165, 1.54) is 18.5 Å². The van der Waals surface area contributed by atoms with Gasteiger partial charge in [0.2, 0.25) is 0 Å². The van der Waals surface area contributed by atoms with Crippen molar-refractivity contribution >= 4 is 11.7 Å². The van der Waals surface area contributed by atoms with Gasteiger partial charge in [-0.15, -0.1) is 0 Å². The monoisotopic (exact) mass is 309 g/mol. The predicted octanol–water partition coefficient (Wildman–Crippen LogP) is 3.99. The summed E-state index contributed by atoms with van der Waals surface area (Å²) in [6, 6.07) is 15.8. The van der Waals surface area contributed by atoms with Crippen LogP contribution in [0.1, 0.15) is 36.5 Å². The highest BCUT2D eigenvalue weighted by Gasteiger charge is 2.37. The molecule has 3 nitrogen and oxygen atoms in total. The Balaban J connectivity index is 1.97. The molecule has 0 aliphatic carbocycles. The van der Waals surface area contributed by atoms with Crippen LogP contribution >= 0.6 is 0 Å². The van der Waals surface area contributed by atoms with Gasteiger partial charge in [-0.3, -0.25) is 4.79 Å². The van der Waals surface area contributed by atoms with Crippen molar-refractivity contribution in [3.05, 3.63) is 65.2 Å². The summed E-state index contributed by atoms with van der Waals surface area (Å²) in [5.74, 6) is -0.824. The van der Waals surface area contributed by atoms with Crippen LogP contribution in [0.3, 0.4) is 0 Å². The number of rotatable bonds is 4. The van der Waals surface area contributed by atoms with E-state index < -0.39 is 11.4 Å². The van der Waals surface area contributed by atoms with Crippen molar-refractivity contribution in [2.75, 3.05) is 18.0 Å².